The molecule has 1 heterocycles. The lowest BCUT2D eigenvalue weighted by Gasteiger charge is -2.19. The Kier molecular flexibility index (Phi) is 5.89. The van der Waals surface area contributed by atoms with Gasteiger partial charge in [-0.05, 0) is 19.1 Å². The molecule has 1 fully saturated rings. The summed E-state index contributed by atoms with van der Waals surface area (Å²) >= 11 is 3.55. The molecule has 124 valence electrons. The number of ether oxygens (including phenoxy) is 1. The molecule has 1 N–H and O–H groups in total. The van der Waals surface area contributed by atoms with E-state index in [0.29, 0.717) is 12.0 Å². The lowest BCUT2D eigenvalue weighted by molar-refractivity contribution is -0.385. The van der Waals surface area contributed by atoms with Gasteiger partial charge in [-0.15, -0.1) is 23.5 Å². The first kappa shape index (κ1) is 17.6. The molecule has 1 saturated heterocycles. The van der Waals surface area contributed by atoms with E-state index in [0.717, 1.165) is 11.5 Å². The van der Waals surface area contributed by atoms with E-state index >= 15 is 0 Å². The summed E-state index contributed by atoms with van der Waals surface area (Å²) in [4.78, 5) is 22.3. The van der Waals surface area contributed by atoms with Crippen LogP contribution in [-0.2, 0) is 4.79 Å². The van der Waals surface area contributed by atoms with Crippen LogP contribution < -0.4 is 10.2 Å². The molecule has 0 radical (unpaired) electrons. The van der Waals surface area contributed by atoms with Crippen LogP contribution in [0.2, 0.25) is 0 Å². The highest BCUT2D eigenvalue weighted by atomic mass is 32.2. The van der Waals surface area contributed by atoms with Crippen molar-refractivity contribution in [2.75, 3.05) is 18.6 Å². The van der Waals surface area contributed by atoms with Crippen LogP contribution in [0, 0.1) is 10.1 Å². The van der Waals surface area contributed by atoms with Crippen LogP contribution in [0.4, 0.5) is 5.69 Å². The molecule has 0 saturated carbocycles. The number of nitrogens with zero attached hydrogens (tertiary/aromatic N) is 2. The molecule has 2 rings (SSSR count). The fraction of sp³-hybridized carbons (Fsp3) is 0.429. The van der Waals surface area contributed by atoms with Crippen LogP contribution in [-0.4, -0.2) is 39.7 Å². The van der Waals surface area contributed by atoms with Crippen molar-refractivity contribution in [2.24, 2.45) is 5.10 Å². The molecular formula is C14H17N3O4S2. The second-order valence-corrected chi connectivity index (χ2v) is 8.44. The van der Waals surface area contributed by atoms with Gasteiger partial charge in [0.05, 0.1) is 28.7 Å². The van der Waals surface area contributed by atoms with Gasteiger partial charge in [0.15, 0.2) is 5.75 Å². The number of carbonyl (C=O) groups is 1. The van der Waals surface area contributed by atoms with E-state index in [1.807, 2.05) is 6.92 Å². The highest BCUT2D eigenvalue weighted by Crippen LogP contribution is 2.45. The van der Waals surface area contributed by atoms with Gasteiger partial charge in [0, 0.05) is 23.1 Å². The van der Waals surface area contributed by atoms with Crippen LogP contribution in [0.5, 0.6) is 5.75 Å². The van der Waals surface area contributed by atoms with E-state index in [1.165, 1.54) is 25.5 Å². The largest absolute Gasteiger partial charge is 0.490 e. The van der Waals surface area contributed by atoms with Crippen molar-refractivity contribution < 1.29 is 14.5 Å². The van der Waals surface area contributed by atoms with Crippen LogP contribution >= 0.6 is 23.5 Å². The predicted molar refractivity (Wildman–Crippen MR) is 93.3 cm³/mol. The number of rotatable bonds is 6. The molecule has 0 aliphatic carbocycles. The number of thioether (sulfide) groups is 2. The van der Waals surface area contributed by atoms with Crippen molar-refractivity contribution in [1.82, 2.24) is 5.43 Å². The molecule has 9 heteroatoms. The summed E-state index contributed by atoms with van der Waals surface area (Å²) in [5, 5.41) is 14.8. The zero-order valence-electron chi connectivity index (χ0n) is 12.8. The Hall–Kier alpha value is -1.74. The van der Waals surface area contributed by atoms with Gasteiger partial charge in [-0.3, -0.25) is 14.9 Å². The van der Waals surface area contributed by atoms with Crippen molar-refractivity contribution in [3.05, 3.63) is 33.9 Å². The average Bonchev–Trinajstić information content (AvgIpc) is 2.93. The van der Waals surface area contributed by atoms with Gasteiger partial charge in [0.25, 0.3) is 0 Å². The summed E-state index contributed by atoms with van der Waals surface area (Å²) in [6.45, 7) is 2.05. The summed E-state index contributed by atoms with van der Waals surface area (Å²) in [6, 6.07) is 4.47. The fourth-order valence-electron chi connectivity index (χ4n) is 2.10. The number of hydrogen-bond donors (Lipinski definition) is 1. The van der Waals surface area contributed by atoms with Crippen LogP contribution in [0.15, 0.2) is 23.3 Å². The van der Waals surface area contributed by atoms with Crippen molar-refractivity contribution >= 4 is 41.3 Å². The van der Waals surface area contributed by atoms with E-state index in [2.05, 4.69) is 10.5 Å². The van der Waals surface area contributed by atoms with E-state index in [4.69, 9.17) is 4.74 Å². The van der Waals surface area contributed by atoms with Crippen LogP contribution in [0.1, 0.15) is 18.9 Å². The topological polar surface area (TPSA) is 93.8 Å². The highest BCUT2D eigenvalue weighted by Gasteiger charge is 2.32. The number of nitro groups is 1. The quantitative estimate of drug-likeness (QED) is 0.479. The Morgan fingerprint density at radius 2 is 2.22 bits per heavy atom. The number of hydrazone groups is 1. The van der Waals surface area contributed by atoms with E-state index in [1.54, 1.807) is 29.6 Å². The molecule has 1 aliphatic heterocycles. The molecule has 0 aromatic heterocycles. The van der Waals surface area contributed by atoms with Crippen LogP contribution in [0.3, 0.4) is 0 Å². The van der Waals surface area contributed by atoms with Crippen LogP contribution in [0.25, 0.3) is 0 Å². The number of carbonyl (C=O) groups excluding carboxylic acids is 1. The Morgan fingerprint density at radius 1 is 1.52 bits per heavy atom. The normalized spacial score (nSPS) is 16.4. The van der Waals surface area contributed by atoms with Gasteiger partial charge in [-0.25, -0.2) is 5.43 Å². The summed E-state index contributed by atoms with van der Waals surface area (Å²) in [5.74, 6) is 2.11. The Balaban J connectivity index is 1.96. The predicted octanol–water partition coefficient (Wildman–Crippen LogP) is 2.64. The first-order valence-electron chi connectivity index (χ1n) is 6.86. The molecule has 1 aliphatic rings. The maximum atomic E-state index is 11.9. The van der Waals surface area contributed by atoms with Gasteiger partial charge < -0.3 is 4.74 Å². The van der Waals surface area contributed by atoms with Gasteiger partial charge in [0.2, 0.25) is 5.91 Å². The van der Waals surface area contributed by atoms with Gasteiger partial charge in [0.1, 0.15) is 0 Å². The molecule has 1 amide bonds. The lowest BCUT2D eigenvalue weighted by atomic mass is 10.2. The summed E-state index contributed by atoms with van der Waals surface area (Å²) < 4.78 is 4.83. The smallest absolute Gasteiger partial charge is 0.311 e. The maximum Gasteiger partial charge on any atom is 0.311 e. The first-order valence-corrected chi connectivity index (χ1v) is 8.83. The molecule has 23 heavy (non-hydrogen) atoms. The van der Waals surface area contributed by atoms with Crippen molar-refractivity contribution in [3.8, 4) is 5.75 Å². The van der Waals surface area contributed by atoms with Gasteiger partial charge in [-0.2, -0.15) is 5.10 Å². The first-order chi connectivity index (χ1) is 10.9. The SMILES string of the molecule is COc1ccc(/C=N\NC(=O)CC2(C)SCCS2)cc1[N+](=O)[O-]. The Bertz CT molecular complexity index is 630. The molecular weight excluding hydrogens is 338 g/mol. The van der Waals surface area contributed by atoms with Crippen molar-refractivity contribution in [1.29, 1.82) is 0 Å². The number of amides is 1. The zero-order valence-corrected chi connectivity index (χ0v) is 14.4. The molecule has 0 bridgehead atoms. The van der Waals surface area contributed by atoms with Gasteiger partial charge >= 0.3 is 5.69 Å². The maximum absolute atomic E-state index is 11.9. The molecule has 1 aromatic carbocycles. The van der Waals surface area contributed by atoms with E-state index < -0.39 is 4.92 Å². The number of methoxy groups -OCH3 is 1. The highest BCUT2D eigenvalue weighted by molar-refractivity contribution is 8.21. The molecule has 0 unspecified atom stereocenters. The second-order valence-electron chi connectivity index (χ2n) is 4.99. The molecule has 0 spiro atoms. The monoisotopic (exact) mass is 355 g/mol. The molecule has 7 nitrogen and oxygen atoms in total. The zero-order chi connectivity index (χ0) is 16.9. The lowest BCUT2D eigenvalue weighted by Crippen LogP contribution is -2.26. The minimum absolute atomic E-state index is 0.0987. The summed E-state index contributed by atoms with van der Waals surface area (Å²) in [6.07, 6.45) is 1.75. The molecule has 0 atom stereocenters. The third-order valence-electron chi connectivity index (χ3n) is 3.18. The third kappa shape index (κ3) is 4.87. The summed E-state index contributed by atoms with van der Waals surface area (Å²) in [5.41, 5.74) is 2.83. The minimum Gasteiger partial charge on any atom is -0.490 e. The molecule has 1 aromatic rings. The standard InChI is InChI=1S/C14H17N3O4S2/c1-14(22-5-6-23-14)8-13(18)16-15-9-10-3-4-12(21-2)11(7-10)17(19)20/h3-4,7,9H,5-6,8H2,1-2H3,(H,16,18)/b15-9-. The Labute approximate surface area is 142 Å². The van der Waals surface area contributed by atoms with Crippen molar-refractivity contribution in [3.63, 3.8) is 0 Å². The van der Waals surface area contributed by atoms with Gasteiger partial charge in [-0.1, -0.05) is 0 Å². The number of hydrogen-bond acceptors (Lipinski definition) is 7. The Morgan fingerprint density at radius 3 is 2.83 bits per heavy atom. The van der Waals surface area contributed by atoms with Crippen molar-refractivity contribution in [2.45, 2.75) is 17.4 Å². The van der Waals surface area contributed by atoms with E-state index in [9.17, 15) is 14.9 Å². The second kappa shape index (κ2) is 7.69. The van der Waals surface area contributed by atoms with E-state index in [-0.39, 0.29) is 21.4 Å². The number of benzene rings is 1. The number of nitrogens with one attached hydrogen (secondary N) is 1. The number of nitro benzene ring substituents is 1. The third-order valence-corrected chi connectivity index (χ3v) is 6.47. The minimum atomic E-state index is -0.524. The summed E-state index contributed by atoms with van der Waals surface area (Å²) in [7, 11) is 1.37. The fourth-order valence-corrected chi connectivity index (χ4v) is 4.93. The average molecular weight is 355 g/mol.